The lowest BCUT2D eigenvalue weighted by molar-refractivity contribution is -0.0845. The Bertz CT molecular complexity index is 200. The molecule has 0 aliphatic heterocycles. The Labute approximate surface area is 72.5 Å². The van der Waals surface area contributed by atoms with Crippen molar-refractivity contribution < 1.29 is 4.39 Å². The summed E-state index contributed by atoms with van der Waals surface area (Å²) < 4.78 is 14.0. The van der Waals surface area contributed by atoms with Crippen molar-refractivity contribution in [1.29, 1.82) is 0 Å². The van der Waals surface area contributed by atoms with Crippen molar-refractivity contribution in [3.63, 3.8) is 0 Å². The molecular formula is C10H16FN. The number of alkyl halides is 1. The third kappa shape index (κ3) is 0.819. The number of hydrogen-bond acceptors (Lipinski definition) is 1. The highest BCUT2D eigenvalue weighted by Crippen LogP contribution is 2.56. The molecule has 2 heteroatoms. The second-order valence-electron chi connectivity index (χ2n) is 5.20. The molecule has 1 nitrogen and oxygen atoms in total. The third-order valence-electron chi connectivity index (χ3n) is 4.27. The van der Waals surface area contributed by atoms with Gasteiger partial charge in [-0.25, -0.2) is 4.39 Å². The second-order valence-corrected chi connectivity index (χ2v) is 5.20. The summed E-state index contributed by atoms with van der Waals surface area (Å²) in [6, 6.07) is 0.324. The normalized spacial score (nSPS) is 62.5. The molecule has 0 aromatic rings. The van der Waals surface area contributed by atoms with E-state index in [4.69, 9.17) is 5.73 Å². The van der Waals surface area contributed by atoms with Crippen LogP contribution in [0.3, 0.4) is 0 Å². The zero-order chi connectivity index (χ0) is 8.34. The van der Waals surface area contributed by atoms with Crippen LogP contribution >= 0.6 is 0 Å². The molecule has 0 aromatic carbocycles. The lowest BCUT2D eigenvalue weighted by Gasteiger charge is -2.55. The van der Waals surface area contributed by atoms with E-state index in [1.54, 1.807) is 0 Å². The Balaban J connectivity index is 1.95. The monoisotopic (exact) mass is 169 g/mol. The van der Waals surface area contributed by atoms with E-state index >= 15 is 0 Å². The molecule has 4 bridgehead atoms. The topological polar surface area (TPSA) is 26.0 Å². The van der Waals surface area contributed by atoms with Gasteiger partial charge in [0.1, 0.15) is 5.67 Å². The Morgan fingerprint density at radius 2 is 1.67 bits per heavy atom. The van der Waals surface area contributed by atoms with E-state index in [9.17, 15) is 4.39 Å². The van der Waals surface area contributed by atoms with E-state index in [1.165, 1.54) is 12.8 Å². The van der Waals surface area contributed by atoms with Gasteiger partial charge in [-0.15, -0.1) is 0 Å². The minimum Gasteiger partial charge on any atom is -0.327 e. The maximum absolute atomic E-state index is 14.0. The maximum atomic E-state index is 14.0. The predicted molar refractivity (Wildman–Crippen MR) is 45.4 cm³/mol. The van der Waals surface area contributed by atoms with Crippen molar-refractivity contribution in [3.05, 3.63) is 0 Å². The molecule has 12 heavy (non-hydrogen) atoms. The first-order valence-corrected chi connectivity index (χ1v) is 5.11. The molecule has 4 aliphatic rings. The van der Waals surface area contributed by atoms with Gasteiger partial charge in [0.05, 0.1) is 0 Å². The molecule has 0 radical (unpaired) electrons. The van der Waals surface area contributed by atoms with Crippen molar-refractivity contribution in [3.8, 4) is 0 Å². The molecule has 4 saturated carbocycles. The summed E-state index contributed by atoms with van der Waals surface area (Å²) in [5.41, 5.74) is 5.26. The first-order valence-electron chi connectivity index (χ1n) is 5.11. The third-order valence-corrected chi connectivity index (χ3v) is 4.27. The second kappa shape index (κ2) is 2.03. The zero-order valence-corrected chi connectivity index (χ0v) is 7.30. The molecule has 0 heterocycles. The maximum Gasteiger partial charge on any atom is 0.112 e. The predicted octanol–water partition coefficient (Wildman–Crippen LogP) is 1.86. The molecular weight excluding hydrogens is 153 g/mol. The highest BCUT2D eigenvalue weighted by atomic mass is 19.1. The fourth-order valence-corrected chi connectivity index (χ4v) is 3.96. The molecule has 4 aliphatic carbocycles. The van der Waals surface area contributed by atoms with Gasteiger partial charge in [-0.1, -0.05) is 0 Å². The van der Waals surface area contributed by atoms with Gasteiger partial charge in [0.25, 0.3) is 0 Å². The van der Waals surface area contributed by atoms with Gasteiger partial charge in [0.15, 0.2) is 0 Å². The Hall–Kier alpha value is -0.110. The van der Waals surface area contributed by atoms with E-state index in [0.717, 1.165) is 19.3 Å². The van der Waals surface area contributed by atoms with E-state index in [1.807, 2.05) is 0 Å². The Morgan fingerprint density at radius 1 is 1.08 bits per heavy atom. The van der Waals surface area contributed by atoms with Crippen LogP contribution < -0.4 is 5.73 Å². The first kappa shape index (κ1) is 7.31. The summed E-state index contributed by atoms with van der Waals surface area (Å²) in [5, 5.41) is 0. The summed E-state index contributed by atoms with van der Waals surface area (Å²) in [5.74, 6) is 1.70. The van der Waals surface area contributed by atoms with Crippen LogP contribution in [0.15, 0.2) is 0 Å². The highest BCUT2D eigenvalue weighted by molar-refractivity contribution is 5.07. The molecule has 0 amide bonds. The van der Waals surface area contributed by atoms with Crippen LogP contribution in [0.5, 0.6) is 0 Å². The Morgan fingerprint density at radius 3 is 2.17 bits per heavy atom. The Kier molecular flexibility index (Phi) is 1.24. The molecule has 4 fully saturated rings. The average molecular weight is 169 g/mol. The summed E-state index contributed by atoms with van der Waals surface area (Å²) in [6.45, 7) is 0. The molecule has 0 aromatic heterocycles. The van der Waals surface area contributed by atoms with Crippen LogP contribution in [0.25, 0.3) is 0 Å². The zero-order valence-electron chi connectivity index (χ0n) is 7.30. The number of nitrogens with two attached hydrogens (primary N) is 1. The van der Waals surface area contributed by atoms with Crippen LogP contribution in [-0.4, -0.2) is 11.7 Å². The average Bonchev–Trinajstić information content (AvgIpc) is 1.96. The van der Waals surface area contributed by atoms with Crippen LogP contribution in [0.2, 0.25) is 0 Å². The van der Waals surface area contributed by atoms with Crippen molar-refractivity contribution >= 4 is 0 Å². The van der Waals surface area contributed by atoms with Gasteiger partial charge in [0.2, 0.25) is 0 Å². The fourth-order valence-electron chi connectivity index (χ4n) is 3.96. The number of rotatable bonds is 0. The molecule has 4 rings (SSSR count). The fraction of sp³-hybridized carbons (Fsp3) is 1.00. The molecule has 68 valence electrons. The van der Waals surface area contributed by atoms with Gasteiger partial charge < -0.3 is 5.73 Å². The van der Waals surface area contributed by atoms with Crippen LogP contribution in [0.1, 0.15) is 32.1 Å². The van der Waals surface area contributed by atoms with Crippen LogP contribution in [0, 0.1) is 17.8 Å². The van der Waals surface area contributed by atoms with Gasteiger partial charge in [-0.3, -0.25) is 0 Å². The summed E-state index contributed by atoms with van der Waals surface area (Å²) in [6.07, 6.45) is 4.79. The van der Waals surface area contributed by atoms with Crippen molar-refractivity contribution in [2.75, 3.05) is 0 Å². The highest BCUT2D eigenvalue weighted by Gasteiger charge is 2.54. The molecule has 0 saturated heterocycles. The minimum absolute atomic E-state index is 0.324. The molecule has 0 spiro atoms. The first-order chi connectivity index (χ1) is 5.66. The standard InChI is InChI=1S/C10H16FN/c11-10-3-6-1-7(4-10)9(12)8(2-6)5-10/h6-9H,1-5,12H2/t6?,7-,8+,9?,10-. The van der Waals surface area contributed by atoms with Gasteiger partial charge in [-0.05, 0) is 49.9 Å². The minimum atomic E-state index is -0.799. The van der Waals surface area contributed by atoms with Crippen molar-refractivity contribution in [2.45, 2.75) is 43.8 Å². The molecule has 2 N–H and O–H groups in total. The SMILES string of the molecule is NC1[C@@H]2CC3C[C@H]1C[C@@](F)(C3)C2. The van der Waals surface area contributed by atoms with Gasteiger partial charge >= 0.3 is 0 Å². The van der Waals surface area contributed by atoms with Gasteiger partial charge in [0, 0.05) is 6.04 Å². The largest absolute Gasteiger partial charge is 0.327 e. The molecule has 2 unspecified atom stereocenters. The lowest BCUT2D eigenvalue weighted by Crippen LogP contribution is -2.57. The van der Waals surface area contributed by atoms with Crippen molar-refractivity contribution in [2.24, 2.45) is 23.5 Å². The van der Waals surface area contributed by atoms with E-state index in [2.05, 4.69) is 0 Å². The van der Waals surface area contributed by atoms with E-state index < -0.39 is 5.67 Å². The number of hydrogen-bond donors (Lipinski definition) is 1. The van der Waals surface area contributed by atoms with Crippen LogP contribution in [0.4, 0.5) is 4.39 Å². The van der Waals surface area contributed by atoms with Crippen LogP contribution in [-0.2, 0) is 0 Å². The summed E-state index contributed by atoms with van der Waals surface area (Å²) in [4.78, 5) is 0. The number of halogens is 1. The molecule has 5 atom stereocenters. The quantitative estimate of drug-likeness (QED) is 0.588. The lowest BCUT2D eigenvalue weighted by atomic mass is 9.53. The van der Waals surface area contributed by atoms with E-state index in [-0.39, 0.29) is 0 Å². The van der Waals surface area contributed by atoms with Crippen molar-refractivity contribution in [1.82, 2.24) is 0 Å². The smallest absolute Gasteiger partial charge is 0.112 e. The van der Waals surface area contributed by atoms with E-state index in [0.29, 0.717) is 23.8 Å². The van der Waals surface area contributed by atoms with Gasteiger partial charge in [-0.2, -0.15) is 0 Å². The summed E-state index contributed by atoms with van der Waals surface area (Å²) in [7, 11) is 0. The summed E-state index contributed by atoms with van der Waals surface area (Å²) >= 11 is 0.